The quantitative estimate of drug-likeness (QED) is 0.401. The smallest absolute Gasteiger partial charge is 0.319 e. The Kier molecular flexibility index (Phi) is 6.15. The molecule has 0 aromatic heterocycles. The van der Waals surface area contributed by atoms with E-state index >= 15 is 0 Å². The topological polar surface area (TPSA) is 87.3 Å². The van der Waals surface area contributed by atoms with E-state index in [0.717, 1.165) is 5.56 Å². The van der Waals surface area contributed by atoms with Gasteiger partial charge in [-0.05, 0) is 49.2 Å². The summed E-state index contributed by atoms with van der Waals surface area (Å²) >= 11 is 12.3. The maximum Gasteiger partial charge on any atom is 0.319 e. The molecule has 33 heavy (non-hydrogen) atoms. The molecule has 0 fully saturated rings. The third-order valence-electron chi connectivity index (χ3n) is 5.78. The minimum absolute atomic E-state index is 0.164. The van der Waals surface area contributed by atoms with Crippen molar-refractivity contribution in [1.29, 1.82) is 0 Å². The highest BCUT2D eigenvalue weighted by Gasteiger charge is 2.48. The monoisotopic (exact) mass is 481 g/mol. The number of anilines is 2. The van der Waals surface area contributed by atoms with Crippen LogP contribution in [0.25, 0.3) is 0 Å². The molecule has 0 unspecified atom stereocenters. The van der Waals surface area contributed by atoms with Crippen LogP contribution in [-0.4, -0.2) is 17.7 Å². The van der Waals surface area contributed by atoms with E-state index in [1.165, 1.54) is 19.1 Å². The summed E-state index contributed by atoms with van der Waals surface area (Å²) in [4.78, 5) is 39.0. The van der Waals surface area contributed by atoms with E-state index in [1.807, 2.05) is 37.3 Å². The first-order valence-electron chi connectivity index (χ1n) is 10.3. The van der Waals surface area contributed by atoms with E-state index in [2.05, 4.69) is 16.0 Å². The molecule has 2 atom stereocenters. The van der Waals surface area contributed by atoms with Crippen molar-refractivity contribution in [1.82, 2.24) is 5.32 Å². The predicted octanol–water partition coefficient (Wildman–Crippen LogP) is 5.97. The zero-order valence-corrected chi connectivity index (χ0v) is 19.4. The Hall–Kier alpha value is -3.35. The Morgan fingerprint density at radius 2 is 1.73 bits per heavy atom. The highest BCUT2D eigenvalue weighted by molar-refractivity contribution is 6.41. The van der Waals surface area contributed by atoms with Crippen molar-refractivity contribution in [3.8, 4) is 0 Å². The lowest BCUT2D eigenvalue weighted by Crippen LogP contribution is -2.48. The average molecular weight is 482 g/mol. The van der Waals surface area contributed by atoms with E-state index < -0.39 is 23.1 Å². The molecule has 1 aliphatic rings. The molecule has 6 nitrogen and oxygen atoms in total. The number of amides is 3. The summed E-state index contributed by atoms with van der Waals surface area (Å²) in [5, 5.41) is 8.86. The molecule has 1 heterocycles. The molecule has 1 aliphatic heterocycles. The lowest BCUT2D eigenvalue weighted by molar-refractivity contribution is -0.119. The molecule has 3 amide bonds. The van der Waals surface area contributed by atoms with Gasteiger partial charge in [0.2, 0.25) is 5.91 Å². The van der Waals surface area contributed by atoms with Gasteiger partial charge >= 0.3 is 6.03 Å². The van der Waals surface area contributed by atoms with Gasteiger partial charge in [-0.25, -0.2) is 4.79 Å². The first-order chi connectivity index (χ1) is 15.7. The van der Waals surface area contributed by atoms with Gasteiger partial charge in [-0.1, -0.05) is 65.7 Å². The van der Waals surface area contributed by atoms with E-state index in [-0.39, 0.29) is 22.3 Å². The van der Waals surface area contributed by atoms with Crippen LogP contribution in [0.3, 0.4) is 0 Å². The number of nitrogens with one attached hydrogen (secondary N) is 3. The fraction of sp³-hybridized carbons (Fsp3) is 0.160. The van der Waals surface area contributed by atoms with Crippen LogP contribution in [0.5, 0.6) is 0 Å². The number of Topliss-reactive ketones (excluding diaryl/α,β-unsaturated/α-hetero) is 1. The number of rotatable bonds is 4. The summed E-state index contributed by atoms with van der Waals surface area (Å²) < 4.78 is 0. The fourth-order valence-electron chi connectivity index (χ4n) is 3.86. The number of ketones is 1. The third kappa shape index (κ3) is 4.32. The fourth-order valence-corrected chi connectivity index (χ4v) is 4.44. The summed E-state index contributed by atoms with van der Waals surface area (Å²) in [6.45, 7) is 3.42. The van der Waals surface area contributed by atoms with Crippen molar-refractivity contribution in [3.05, 3.63) is 93.5 Å². The molecule has 4 rings (SSSR count). The molecule has 3 aromatic carbocycles. The van der Waals surface area contributed by atoms with E-state index in [4.69, 9.17) is 23.2 Å². The molecule has 3 aromatic rings. The molecule has 0 radical (unpaired) electrons. The molecule has 8 heteroatoms. The van der Waals surface area contributed by atoms with Crippen LogP contribution >= 0.6 is 23.2 Å². The molecule has 3 N–H and O–H groups in total. The lowest BCUT2D eigenvalue weighted by atomic mass is 9.73. The minimum atomic E-state index is -1.53. The van der Waals surface area contributed by atoms with Crippen molar-refractivity contribution in [2.24, 2.45) is 0 Å². The van der Waals surface area contributed by atoms with Gasteiger partial charge in [-0.15, -0.1) is 0 Å². The maximum atomic E-state index is 13.4. The molecule has 0 bridgehead atoms. The maximum absolute atomic E-state index is 13.4. The van der Waals surface area contributed by atoms with Crippen molar-refractivity contribution >= 4 is 52.3 Å². The van der Waals surface area contributed by atoms with Gasteiger partial charge in [0.05, 0.1) is 22.3 Å². The normalized spacial score (nSPS) is 18.2. The molecule has 0 spiro atoms. The van der Waals surface area contributed by atoms with Crippen molar-refractivity contribution < 1.29 is 14.4 Å². The second-order valence-electron chi connectivity index (χ2n) is 8.03. The Morgan fingerprint density at radius 1 is 1.00 bits per heavy atom. The number of hydrogen-bond donors (Lipinski definition) is 3. The molecule has 0 saturated carbocycles. The molecule has 0 saturated heterocycles. The summed E-state index contributed by atoms with van der Waals surface area (Å²) in [7, 11) is 0. The average Bonchev–Trinajstić information content (AvgIpc) is 2.77. The first kappa shape index (κ1) is 22.8. The Labute approximate surface area is 201 Å². The van der Waals surface area contributed by atoms with E-state index in [0.29, 0.717) is 16.3 Å². The first-order valence-corrected chi connectivity index (χ1v) is 11.0. The second kappa shape index (κ2) is 8.89. The van der Waals surface area contributed by atoms with Crippen molar-refractivity contribution in [2.75, 3.05) is 10.6 Å². The van der Waals surface area contributed by atoms with Crippen molar-refractivity contribution in [3.63, 3.8) is 0 Å². The van der Waals surface area contributed by atoms with Crippen LogP contribution in [0.1, 0.15) is 41.4 Å². The third-order valence-corrected chi connectivity index (χ3v) is 6.30. The van der Waals surface area contributed by atoms with Gasteiger partial charge in [0.15, 0.2) is 5.78 Å². The second-order valence-corrected chi connectivity index (χ2v) is 8.87. The van der Waals surface area contributed by atoms with Crippen LogP contribution in [0, 0.1) is 0 Å². The van der Waals surface area contributed by atoms with E-state index in [1.54, 1.807) is 24.3 Å². The van der Waals surface area contributed by atoms with Gasteiger partial charge < -0.3 is 16.0 Å². The number of carbonyl (C=O) groups excluding carboxylic acids is 3. The highest BCUT2D eigenvalue weighted by Crippen LogP contribution is 2.41. The predicted molar refractivity (Wildman–Crippen MR) is 130 cm³/mol. The largest absolute Gasteiger partial charge is 0.331 e. The number of carbonyl (C=O) groups is 3. The molecule has 168 valence electrons. The van der Waals surface area contributed by atoms with Crippen LogP contribution in [-0.2, 0) is 10.2 Å². The Morgan fingerprint density at radius 3 is 2.45 bits per heavy atom. The number of urea groups is 1. The molecule has 0 aliphatic carbocycles. The Bertz CT molecular complexity index is 1260. The zero-order chi connectivity index (χ0) is 23.8. The number of hydrogen-bond acceptors (Lipinski definition) is 3. The number of halogens is 2. The highest BCUT2D eigenvalue weighted by atomic mass is 35.5. The van der Waals surface area contributed by atoms with Crippen LogP contribution in [0.4, 0.5) is 16.2 Å². The summed E-state index contributed by atoms with van der Waals surface area (Å²) in [6.07, 6.45) is 0. The summed E-state index contributed by atoms with van der Waals surface area (Å²) in [5.41, 5.74) is 0.792. The Balaban J connectivity index is 1.58. The SMILES string of the molecule is C[C@H](NC(=O)Nc1cccc([C@@]2(C)C(=O)Nc3cc(Cl)cc(Cl)c3C2=O)c1)c1ccccc1. The minimum Gasteiger partial charge on any atom is -0.331 e. The van der Waals surface area contributed by atoms with Gasteiger partial charge in [0.1, 0.15) is 5.41 Å². The van der Waals surface area contributed by atoms with Crippen LogP contribution < -0.4 is 16.0 Å². The summed E-state index contributed by atoms with van der Waals surface area (Å²) in [6, 6.07) is 18.6. The summed E-state index contributed by atoms with van der Waals surface area (Å²) in [5.74, 6) is -0.945. The van der Waals surface area contributed by atoms with E-state index in [9.17, 15) is 14.4 Å². The van der Waals surface area contributed by atoms with Crippen LogP contribution in [0.2, 0.25) is 10.0 Å². The zero-order valence-electron chi connectivity index (χ0n) is 17.9. The number of fused-ring (bicyclic) bond motifs is 1. The van der Waals surface area contributed by atoms with Gasteiger partial charge in [0, 0.05) is 10.7 Å². The number of benzene rings is 3. The van der Waals surface area contributed by atoms with Crippen LogP contribution in [0.15, 0.2) is 66.7 Å². The standard InChI is InChI=1S/C25H21Cl2N3O3/c1-14(15-7-4-3-5-8-15)28-24(33)29-18-10-6-9-16(11-18)25(2)22(31)21-19(27)12-17(26)13-20(21)30-23(25)32/h3-14H,1-2H3,(H,30,32)(H2,28,29,33)/t14-,25+/m0/s1. The molecular formula is C25H21Cl2N3O3. The van der Waals surface area contributed by atoms with Gasteiger partial charge in [-0.3, -0.25) is 9.59 Å². The molecular weight excluding hydrogens is 461 g/mol. The van der Waals surface area contributed by atoms with Crippen molar-refractivity contribution in [2.45, 2.75) is 25.3 Å². The van der Waals surface area contributed by atoms with Gasteiger partial charge in [0.25, 0.3) is 0 Å². The van der Waals surface area contributed by atoms with Gasteiger partial charge in [-0.2, -0.15) is 0 Å². The lowest BCUT2D eigenvalue weighted by Gasteiger charge is -2.33.